The molecule has 0 amide bonds. The molecule has 2 N–H and O–H groups in total. The van der Waals surface area contributed by atoms with Crippen LogP contribution in [0.2, 0.25) is 5.02 Å². The first kappa shape index (κ1) is 11.4. The molecule has 16 heavy (non-hydrogen) atoms. The van der Waals surface area contributed by atoms with Crippen LogP contribution in [0.25, 0.3) is 6.08 Å². The number of hydrogen-bond acceptors (Lipinski definition) is 2. The predicted octanol–water partition coefficient (Wildman–Crippen LogP) is 2.99. The lowest BCUT2D eigenvalue weighted by Gasteiger charge is -2.10. The van der Waals surface area contributed by atoms with Gasteiger partial charge in [-0.25, -0.2) is 4.39 Å². The van der Waals surface area contributed by atoms with Gasteiger partial charge in [-0.15, -0.1) is 0 Å². The van der Waals surface area contributed by atoms with Crippen molar-refractivity contribution in [2.75, 3.05) is 6.54 Å². The van der Waals surface area contributed by atoms with Crippen molar-refractivity contribution < 1.29 is 9.13 Å². The monoisotopic (exact) mass is 241 g/mol. The summed E-state index contributed by atoms with van der Waals surface area (Å²) in [5.41, 5.74) is 6.00. The normalized spacial score (nSPS) is 15.7. The lowest BCUT2D eigenvalue weighted by Crippen LogP contribution is -2.00. The molecule has 0 bridgehead atoms. The van der Waals surface area contributed by atoms with E-state index >= 15 is 0 Å². The second-order valence-corrected chi connectivity index (χ2v) is 4.17. The second-order valence-electron chi connectivity index (χ2n) is 3.76. The molecule has 1 aliphatic rings. The molecular weight excluding hydrogens is 229 g/mol. The molecule has 0 heterocycles. The van der Waals surface area contributed by atoms with Crippen LogP contribution in [0.1, 0.15) is 18.4 Å². The highest BCUT2D eigenvalue weighted by atomic mass is 35.5. The summed E-state index contributed by atoms with van der Waals surface area (Å²) in [6, 6.07) is 2.66. The highest BCUT2D eigenvalue weighted by molar-refractivity contribution is 6.32. The minimum atomic E-state index is -0.371. The fraction of sp³-hybridized carbons (Fsp3) is 0.333. The van der Waals surface area contributed by atoms with Crippen LogP contribution in [0, 0.1) is 5.82 Å². The molecule has 86 valence electrons. The Bertz CT molecular complexity index is 416. The standard InChI is InChI=1S/C12H13ClFNO/c13-11-7-9(14)6-8(2-1-5-15)12(11)16-10-3-4-10/h1-2,6-7,10H,3-5,15H2/b2-1+. The molecule has 2 rings (SSSR count). The summed E-state index contributed by atoms with van der Waals surface area (Å²) in [6.45, 7) is 0.400. The van der Waals surface area contributed by atoms with Crippen molar-refractivity contribution in [1.82, 2.24) is 0 Å². The molecule has 0 atom stereocenters. The highest BCUT2D eigenvalue weighted by Crippen LogP contribution is 2.36. The number of ether oxygens (including phenoxy) is 1. The van der Waals surface area contributed by atoms with Crippen LogP contribution in [-0.2, 0) is 0 Å². The van der Waals surface area contributed by atoms with Gasteiger partial charge in [0.2, 0.25) is 0 Å². The van der Waals surface area contributed by atoms with E-state index in [0.29, 0.717) is 22.9 Å². The predicted molar refractivity (Wildman–Crippen MR) is 63.1 cm³/mol. The summed E-state index contributed by atoms with van der Waals surface area (Å²) < 4.78 is 18.8. The van der Waals surface area contributed by atoms with Crippen molar-refractivity contribution in [2.45, 2.75) is 18.9 Å². The molecule has 1 saturated carbocycles. The van der Waals surface area contributed by atoms with E-state index in [9.17, 15) is 4.39 Å². The summed E-state index contributed by atoms with van der Waals surface area (Å²) in [5.74, 6) is 0.181. The van der Waals surface area contributed by atoms with E-state index in [0.717, 1.165) is 12.8 Å². The molecule has 0 saturated heterocycles. The van der Waals surface area contributed by atoms with Gasteiger partial charge in [0.1, 0.15) is 11.6 Å². The fourth-order valence-corrected chi connectivity index (χ4v) is 1.63. The molecule has 0 spiro atoms. The van der Waals surface area contributed by atoms with E-state index in [1.54, 1.807) is 12.2 Å². The number of halogens is 2. The maximum atomic E-state index is 13.2. The average Bonchev–Trinajstić information content (AvgIpc) is 3.03. The summed E-state index contributed by atoms with van der Waals surface area (Å²) >= 11 is 5.96. The Morgan fingerprint density at radius 3 is 2.88 bits per heavy atom. The van der Waals surface area contributed by atoms with Crippen LogP contribution in [0.3, 0.4) is 0 Å². The van der Waals surface area contributed by atoms with Crippen molar-refractivity contribution in [2.24, 2.45) is 5.73 Å². The van der Waals surface area contributed by atoms with Crippen LogP contribution < -0.4 is 10.5 Å². The van der Waals surface area contributed by atoms with Crippen molar-refractivity contribution in [3.05, 3.63) is 34.6 Å². The second kappa shape index (κ2) is 4.85. The Morgan fingerprint density at radius 1 is 1.50 bits per heavy atom. The fourth-order valence-electron chi connectivity index (χ4n) is 1.38. The van der Waals surface area contributed by atoms with Gasteiger partial charge in [0.05, 0.1) is 11.1 Å². The van der Waals surface area contributed by atoms with E-state index in [1.165, 1.54) is 12.1 Å². The summed E-state index contributed by atoms with van der Waals surface area (Å²) in [4.78, 5) is 0. The molecule has 0 aromatic heterocycles. The zero-order valence-corrected chi connectivity index (χ0v) is 9.51. The molecule has 1 aromatic carbocycles. The van der Waals surface area contributed by atoms with Crippen LogP contribution >= 0.6 is 11.6 Å². The number of nitrogens with two attached hydrogens (primary N) is 1. The maximum Gasteiger partial charge on any atom is 0.145 e. The number of hydrogen-bond donors (Lipinski definition) is 1. The van der Waals surface area contributed by atoms with E-state index in [2.05, 4.69) is 0 Å². The van der Waals surface area contributed by atoms with Gasteiger partial charge in [0.15, 0.2) is 0 Å². The van der Waals surface area contributed by atoms with Gasteiger partial charge in [0, 0.05) is 12.1 Å². The first-order valence-corrected chi connectivity index (χ1v) is 5.61. The summed E-state index contributed by atoms with van der Waals surface area (Å²) in [5, 5.41) is 0.309. The van der Waals surface area contributed by atoms with Crippen molar-refractivity contribution >= 4 is 17.7 Å². The molecule has 1 fully saturated rings. The SMILES string of the molecule is NC/C=C/c1cc(F)cc(Cl)c1OC1CC1. The van der Waals surface area contributed by atoms with Gasteiger partial charge in [-0.1, -0.05) is 23.8 Å². The Kier molecular flexibility index (Phi) is 3.46. The molecular formula is C12H13ClFNO. The Balaban J connectivity index is 2.32. The van der Waals surface area contributed by atoms with E-state index in [4.69, 9.17) is 22.1 Å². The van der Waals surface area contributed by atoms with E-state index in [1.807, 2.05) is 0 Å². The highest BCUT2D eigenvalue weighted by Gasteiger charge is 2.25. The zero-order valence-electron chi connectivity index (χ0n) is 8.75. The topological polar surface area (TPSA) is 35.2 Å². The third kappa shape index (κ3) is 2.74. The van der Waals surface area contributed by atoms with Gasteiger partial charge in [-0.3, -0.25) is 0 Å². The van der Waals surface area contributed by atoms with Gasteiger partial charge in [-0.05, 0) is 25.0 Å². The Labute approximate surface area is 98.8 Å². The molecule has 0 radical (unpaired) electrons. The number of benzene rings is 1. The van der Waals surface area contributed by atoms with Crippen LogP contribution in [0.5, 0.6) is 5.75 Å². The summed E-state index contributed by atoms with van der Waals surface area (Å²) in [6.07, 6.45) is 5.77. The molecule has 2 nitrogen and oxygen atoms in total. The van der Waals surface area contributed by atoms with Crippen molar-refractivity contribution in [1.29, 1.82) is 0 Å². The molecule has 4 heteroatoms. The first-order valence-electron chi connectivity index (χ1n) is 5.23. The third-order valence-electron chi connectivity index (χ3n) is 2.28. The van der Waals surface area contributed by atoms with E-state index in [-0.39, 0.29) is 11.9 Å². The van der Waals surface area contributed by atoms with Crippen molar-refractivity contribution in [3.8, 4) is 5.75 Å². The van der Waals surface area contributed by atoms with Gasteiger partial charge < -0.3 is 10.5 Å². The smallest absolute Gasteiger partial charge is 0.145 e. The lowest BCUT2D eigenvalue weighted by molar-refractivity contribution is 0.302. The molecule has 1 aliphatic carbocycles. The van der Waals surface area contributed by atoms with Gasteiger partial charge >= 0.3 is 0 Å². The first-order chi connectivity index (χ1) is 7.70. The number of rotatable bonds is 4. The maximum absolute atomic E-state index is 13.2. The summed E-state index contributed by atoms with van der Waals surface area (Å²) in [7, 11) is 0. The van der Waals surface area contributed by atoms with Crippen LogP contribution in [0.4, 0.5) is 4.39 Å². The molecule has 0 unspecified atom stereocenters. The van der Waals surface area contributed by atoms with Crippen LogP contribution in [-0.4, -0.2) is 12.6 Å². The largest absolute Gasteiger partial charge is 0.488 e. The minimum Gasteiger partial charge on any atom is -0.488 e. The van der Waals surface area contributed by atoms with Gasteiger partial charge in [0.25, 0.3) is 0 Å². The zero-order chi connectivity index (χ0) is 11.5. The third-order valence-corrected chi connectivity index (χ3v) is 2.56. The average molecular weight is 242 g/mol. The van der Waals surface area contributed by atoms with Crippen molar-refractivity contribution in [3.63, 3.8) is 0 Å². The van der Waals surface area contributed by atoms with Gasteiger partial charge in [-0.2, -0.15) is 0 Å². The molecule has 1 aromatic rings. The quantitative estimate of drug-likeness (QED) is 0.880. The van der Waals surface area contributed by atoms with E-state index < -0.39 is 0 Å². The van der Waals surface area contributed by atoms with Crippen LogP contribution in [0.15, 0.2) is 18.2 Å². The Hall–Kier alpha value is -1.06. The lowest BCUT2D eigenvalue weighted by atomic mass is 10.1. The Morgan fingerprint density at radius 2 is 2.25 bits per heavy atom. The minimum absolute atomic E-state index is 0.230. The molecule has 0 aliphatic heterocycles.